The molecule has 0 bridgehead atoms. The fraction of sp³-hybridized carbons (Fsp3) is 0.0833. The van der Waals surface area contributed by atoms with Gasteiger partial charge in [0.1, 0.15) is 23.0 Å². The molecule has 0 aliphatic heterocycles. The SMILES string of the molecule is Cc1ccccc1OP(Oc1ccccc1C)c1ccc2ccccc2c1.Cc1ccccc1OP(Oc1ccccc1C)c1ccc2ccccc2c1. The van der Waals surface area contributed by atoms with Crippen LogP contribution in [0.4, 0.5) is 0 Å². The Kier molecular flexibility index (Phi) is 11.9. The molecule has 54 heavy (non-hydrogen) atoms. The number of fused-ring (bicyclic) bond motifs is 2. The Morgan fingerprint density at radius 1 is 0.278 bits per heavy atom. The number of para-hydroxylation sites is 4. The molecule has 0 spiro atoms. The molecule has 0 saturated heterocycles. The van der Waals surface area contributed by atoms with Crippen molar-refractivity contribution in [2.75, 3.05) is 0 Å². The van der Waals surface area contributed by atoms with Gasteiger partial charge >= 0.3 is 16.8 Å². The van der Waals surface area contributed by atoms with Crippen LogP contribution in [0.2, 0.25) is 0 Å². The zero-order valence-corrected chi connectivity index (χ0v) is 32.6. The molecule has 0 fully saturated rings. The average Bonchev–Trinajstić information content (AvgIpc) is 3.20. The Labute approximate surface area is 320 Å². The minimum Gasteiger partial charge on any atom is -0.435 e. The second kappa shape index (κ2) is 17.4. The van der Waals surface area contributed by atoms with Crippen LogP contribution in [-0.2, 0) is 0 Å². The van der Waals surface area contributed by atoms with E-state index in [0.717, 1.165) is 55.9 Å². The molecule has 0 atom stereocenters. The molecule has 268 valence electrons. The van der Waals surface area contributed by atoms with E-state index in [2.05, 4.69) is 137 Å². The Bertz CT molecular complexity index is 2230. The molecule has 0 unspecified atom stereocenters. The van der Waals surface area contributed by atoms with E-state index in [-0.39, 0.29) is 0 Å². The molecule has 0 aliphatic carbocycles. The van der Waals surface area contributed by atoms with Crippen LogP contribution >= 0.6 is 16.8 Å². The molecular weight excluding hydrogens is 702 g/mol. The molecule has 8 aromatic carbocycles. The van der Waals surface area contributed by atoms with E-state index in [9.17, 15) is 0 Å². The second-order valence-electron chi connectivity index (χ2n) is 13.0. The second-order valence-corrected chi connectivity index (χ2v) is 15.8. The maximum atomic E-state index is 6.38. The zero-order valence-electron chi connectivity index (χ0n) is 30.8. The fourth-order valence-electron chi connectivity index (χ4n) is 5.82. The number of hydrogen-bond donors (Lipinski definition) is 0. The van der Waals surface area contributed by atoms with E-state index in [1.807, 2.05) is 72.8 Å². The van der Waals surface area contributed by atoms with Crippen LogP contribution in [0.15, 0.2) is 182 Å². The predicted molar refractivity (Wildman–Crippen MR) is 228 cm³/mol. The molecule has 0 amide bonds. The smallest absolute Gasteiger partial charge is 0.326 e. The maximum absolute atomic E-state index is 6.38. The monoisotopic (exact) mass is 744 g/mol. The Morgan fingerprint density at radius 2 is 0.537 bits per heavy atom. The molecular formula is C48H42O4P2. The van der Waals surface area contributed by atoms with Gasteiger partial charge in [-0.15, -0.1) is 0 Å². The summed E-state index contributed by atoms with van der Waals surface area (Å²) >= 11 is 0. The summed E-state index contributed by atoms with van der Waals surface area (Å²) in [7, 11) is -2.63. The lowest BCUT2D eigenvalue weighted by molar-refractivity contribution is 0.497. The summed E-state index contributed by atoms with van der Waals surface area (Å²) in [6, 6.07) is 61.7. The fourth-order valence-corrected chi connectivity index (χ4v) is 8.73. The summed E-state index contributed by atoms with van der Waals surface area (Å²) in [6.45, 7) is 8.21. The molecule has 4 nitrogen and oxygen atoms in total. The molecule has 0 N–H and O–H groups in total. The molecule has 8 aromatic rings. The van der Waals surface area contributed by atoms with Crippen molar-refractivity contribution >= 4 is 48.9 Å². The van der Waals surface area contributed by atoms with Crippen molar-refractivity contribution in [3.05, 3.63) is 204 Å². The van der Waals surface area contributed by atoms with Gasteiger partial charge in [-0.1, -0.05) is 133 Å². The van der Waals surface area contributed by atoms with Crippen LogP contribution in [0.25, 0.3) is 21.5 Å². The van der Waals surface area contributed by atoms with Gasteiger partial charge in [-0.05, 0) is 120 Å². The van der Waals surface area contributed by atoms with E-state index in [4.69, 9.17) is 18.1 Å². The molecule has 0 radical (unpaired) electrons. The summed E-state index contributed by atoms with van der Waals surface area (Å²) in [5.41, 5.74) is 4.39. The highest BCUT2D eigenvalue weighted by Gasteiger charge is 2.22. The zero-order chi connectivity index (χ0) is 37.3. The minimum absolute atomic E-state index is 0.852. The van der Waals surface area contributed by atoms with Crippen LogP contribution in [-0.4, -0.2) is 0 Å². The largest absolute Gasteiger partial charge is 0.435 e. The Hall–Kier alpha value is -5.66. The first-order chi connectivity index (χ1) is 26.4. The lowest BCUT2D eigenvalue weighted by atomic mass is 10.1. The van der Waals surface area contributed by atoms with Gasteiger partial charge in [0.05, 0.1) is 10.6 Å². The van der Waals surface area contributed by atoms with Crippen molar-refractivity contribution in [2.24, 2.45) is 0 Å². The first-order valence-corrected chi connectivity index (χ1v) is 20.3. The van der Waals surface area contributed by atoms with Crippen LogP contribution in [0.3, 0.4) is 0 Å². The standard InChI is InChI=1S/2C24H21O2P/c2*1-18-9-3-7-13-23(18)25-27(26-24-14-8-4-10-19(24)2)22-16-15-20-11-5-6-12-21(20)17-22/h2*3-17H,1-2H3. The minimum atomic E-state index is -1.31. The van der Waals surface area contributed by atoms with Gasteiger partial charge in [0, 0.05) is 0 Å². The molecule has 0 heterocycles. The van der Waals surface area contributed by atoms with E-state index in [0.29, 0.717) is 0 Å². The van der Waals surface area contributed by atoms with E-state index < -0.39 is 16.8 Å². The molecule has 0 aliphatic rings. The number of rotatable bonds is 10. The summed E-state index contributed by atoms with van der Waals surface area (Å²) in [5, 5.41) is 6.89. The van der Waals surface area contributed by atoms with Gasteiger partial charge in [0.25, 0.3) is 0 Å². The number of hydrogen-bond acceptors (Lipinski definition) is 4. The Morgan fingerprint density at radius 3 is 0.833 bits per heavy atom. The van der Waals surface area contributed by atoms with Crippen LogP contribution in [0.5, 0.6) is 23.0 Å². The number of benzene rings is 8. The van der Waals surface area contributed by atoms with Gasteiger partial charge in [-0.25, -0.2) is 0 Å². The van der Waals surface area contributed by atoms with Gasteiger partial charge in [-0.3, -0.25) is 0 Å². The summed E-state index contributed by atoms with van der Waals surface area (Å²) in [4.78, 5) is 0. The molecule has 0 aromatic heterocycles. The lowest BCUT2D eigenvalue weighted by Crippen LogP contribution is -2.11. The quantitative estimate of drug-likeness (QED) is 0.131. The van der Waals surface area contributed by atoms with E-state index in [1.165, 1.54) is 21.5 Å². The molecule has 6 heteroatoms. The van der Waals surface area contributed by atoms with Crippen molar-refractivity contribution in [3.63, 3.8) is 0 Å². The highest BCUT2D eigenvalue weighted by molar-refractivity contribution is 7.57. The number of aryl methyl sites for hydroxylation is 4. The van der Waals surface area contributed by atoms with Gasteiger partial charge in [0.2, 0.25) is 0 Å². The third kappa shape index (κ3) is 9.10. The van der Waals surface area contributed by atoms with Crippen molar-refractivity contribution in [1.82, 2.24) is 0 Å². The van der Waals surface area contributed by atoms with Crippen molar-refractivity contribution in [3.8, 4) is 23.0 Å². The van der Waals surface area contributed by atoms with Gasteiger partial charge < -0.3 is 18.1 Å². The Balaban J connectivity index is 0.000000167. The van der Waals surface area contributed by atoms with E-state index in [1.54, 1.807) is 0 Å². The van der Waals surface area contributed by atoms with Gasteiger partial charge in [-0.2, -0.15) is 0 Å². The highest BCUT2D eigenvalue weighted by Crippen LogP contribution is 2.43. The van der Waals surface area contributed by atoms with Crippen LogP contribution < -0.4 is 28.7 Å². The van der Waals surface area contributed by atoms with Crippen LogP contribution in [0.1, 0.15) is 22.3 Å². The first-order valence-electron chi connectivity index (χ1n) is 17.9. The molecule has 0 saturated carbocycles. The summed E-state index contributed by atoms with van der Waals surface area (Å²) in [6.07, 6.45) is 0. The predicted octanol–water partition coefficient (Wildman–Crippen LogP) is 13.1. The highest BCUT2D eigenvalue weighted by atomic mass is 31.2. The summed E-state index contributed by atoms with van der Waals surface area (Å²) < 4.78 is 25.5. The van der Waals surface area contributed by atoms with Gasteiger partial charge in [0.15, 0.2) is 0 Å². The third-order valence-corrected chi connectivity index (χ3v) is 11.8. The van der Waals surface area contributed by atoms with Crippen molar-refractivity contribution < 1.29 is 18.1 Å². The lowest BCUT2D eigenvalue weighted by Gasteiger charge is -2.21. The van der Waals surface area contributed by atoms with Crippen molar-refractivity contribution in [1.29, 1.82) is 0 Å². The van der Waals surface area contributed by atoms with E-state index >= 15 is 0 Å². The maximum Gasteiger partial charge on any atom is 0.326 e. The van der Waals surface area contributed by atoms with Crippen LogP contribution in [0, 0.1) is 27.7 Å². The topological polar surface area (TPSA) is 36.9 Å². The third-order valence-electron chi connectivity index (χ3n) is 8.99. The summed E-state index contributed by atoms with van der Waals surface area (Å²) in [5.74, 6) is 3.41. The van der Waals surface area contributed by atoms with Crippen molar-refractivity contribution in [2.45, 2.75) is 27.7 Å². The first kappa shape index (κ1) is 36.7. The molecule has 8 rings (SSSR count). The average molecular weight is 745 g/mol. The normalized spacial score (nSPS) is 10.9.